The van der Waals surface area contributed by atoms with Crippen molar-refractivity contribution in [1.29, 1.82) is 0 Å². The van der Waals surface area contributed by atoms with E-state index in [0.29, 0.717) is 10.8 Å². The maximum absolute atomic E-state index is 13.3. The molecule has 0 atom stereocenters. The number of hydrogen-bond acceptors (Lipinski definition) is 0. The summed E-state index contributed by atoms with van der Waals surface area (Å²) in [6.07, 6.45) is -0.300. The zero-order valence-corrected chi connectivity index (χ0v) is 13.0. The Morgan fingerprint density at radius 1 is 0.875 bits per heavy atom. The molecule has 0 heterocycles. The highest BCUT2D eigenvalue weighted by Crippen LogP contribution is 2.40. The molecule has 0 unspecified atom stereocenters. The van der Waals surface area contributed by atoms with Gasteiger partial charge in [0.1, 0.15) is 6.61 Å². The molecule has 1 aliphatic carbocycles. The van der Waals surface area contributed by atoms with Gasteiger partial charge in [0.2, 0.25) is 0 Å². The van der Waals surface area contributed by atoms with Gasteiger partial charge >= 0.3 is 6.18 Å². The molecule has 0 saturated carbocycles. The maximum atomic E-state index is 13.3. The van der Waals surface area contributed by atoms with E-state index >= 15 is 0 Å². The number of hydrogen-bond donors (Lipinski definition) is 0. The molecule has 1 radical (unpaired) electrons. The van der Waals surface area contributed by atoms with Crippen LogP contribution in [0.2, 0.25) is 0 Å². The average Bonchev–Trinajstić information content (AvgIpc) is 2.59. The van der Waals surface area contributed by atoms with Gasteiger partial charge in [-0.25, -0.2) is 5.11 Å². The van der Waals surface area contributed by atoms with Crippen LogP contribution in [0.1, 0.15) is 35.1 Å². The van der Waals surface area contributed by atoms with Crippen LogP contribution in [0, 0.1) is 0 Å². The van der Waals surface area contributed by atoms with Gasteiger partial charge < -0.3 is 0 Å². The second-order valence-corrected chi connectivity index (χ2v) is 6.40. The third kappa shape index (κ3) is 2.28. The summed E-state index contributed by atoms with van der Waals surface area (Å²) >= 11 is 0. The fraction of sp³-hybridized carbons (Fsp3) is 0.300. The fourth-order valence-corrected chi connectivity index (χ4v) is 3.98. The lowest BCUT2D eigenvalue weighted by Crippen LogP contribution is -2.10. The predicted octanol–water partition coefficient (Wildman–Crippen LogP) is 5.82. The van der Waals surface area contributed by atoms with E-state index in [0.717, 1.165) is 42.5 Å². The Hall–Kier alpha value is -2.07. The number of rotatable bonds is 1. The summed E-state index contributed by atoms with van der Waals surface area (Å²) in [6, 6.07) is 10.2. The molecule has 0 bridgehead atoms. The Kier molecular flexibility index (Phi) is 3.53. The molecule has 1 aliphatic rings. The number of fused-ring (bicyclic) bond motifs is 5. The van der Waals surface area contributed by atoms with E-state index in [1.165, 1.54) is 17.2 Å². The molecule has 0 spiro atoms. The normalized spacial score (nSPS) is 15.0. The highest BCUT2D eigenvalue weighted by Gasteiger charge is 2.34. The van der Waals surface area contributed by atoms with Gasteiger partial charge in [-0.15, -0.1) is 0 Å². The molecule has 3 aromatic rings. The van der Waals surface area contributed by atoms with Gasteiger partial charge in [-0.05, 0) is 64.4 Å². The Bertz CT molecular complexity index is 941. The van der Waals surface area contributed by atoms with Crippen molar-refractivity contribution >= 4 is 21.5 Å². The van der Waals surface area contributed by atoms with Crippen LogP contribution in [0.5, 0.6) is 0 Å². The van der Waals surface area contributed by atoms with E-state index in [-0.39, 0.29) is 5.56 Å². The highest BCUT2D eigenvalue weighted by molar-refractivity contribution is 6.10. The fourth-order valence-electron chi connectivity index (χ4n) is 3.98. The minimum atomic E-state index is -4.51. The summed E-state index contributed by atoms with van der Waals surface area (Å²) in [5.41, 5.74) is 1.57. The molecule has 0 amide bonds. The van der Waals surface area contributed by atoms with Gasteiger partial charge in [-0.1, -0.05) is 30.3 Å². The molecular weight excluding hydrogens is 313 g/mol. The lowest BCUT2D eigenvalue weighted by atomic mass is 9.85. The zero-order chi connectivity index (χ0) is 16.9. The highest BCUT2D eigenvalue weighted by atomic mass is 19.4. The molecule has 123 valence electrons. The molecule has 1 nitrogen and oxygen atoms in total. The van der Waals surface area contributed by atoms with Crippen LogP contribution in [-0.4, -0.2) is 0 Å². The third-order valence-electron chi connectivity index (χ3n) is 5.07. The molecule has 4 rings (SSSR count). The lowest BCUT2D eigenvalue weighted by molar-refractivity contribution is -0.138. The maximum Gasteiger partial charge on any atom is 0.416 e. The Morgan fingerprint density at radius 2 is 1.58 bits per heavy atom. The van der Waals surface area contributed by atoms with Gasteiger partial charge in [0.25, 0.3) is 0 Å². The molecular formula is C20H16F3O. The van der Waals surface area contributed by atoms with Gasteiger partial charge in [0, 0.05) is 5.56 Å². The quantitative estimate of drug-likeness (QED) is 0.501. The Balaban J connectivity index is 2.13. The SMILES string of the molecule is [O]Cc1c(C(F)(F)F)ccc2ccc3c4c(ccc3c12)CCCC4. The Labute approximate surface area is 137 Å². The van der Waals surface area contributed by atoms with E-state index in [4.69, 9.17) is 0 Å². The first-order valence-corrected chi connectivity index (χ1v) is 8.15. The monoisotopic (exact) mass is 329 g/mol. The first kappa shape index (κ1) is 15.5. The molecule has 0 aliphatic heterocycles. The summed E-state index contributed by atoms with van der Waals surface area (Å²) in [5, 5.41) is 14.6. The zero-order valence-electron chi connectivity index (χ0n) is 13.0. The van der Waals surface area contributed by atoms with E-state index < -0.39 is 18.3 Å². The smallest absolute Gasteiger partial charge is 0.232 e. The summed E-state index contributed by atoms with van der Waals surface area (Å²) < 4.78 is 39.9. The minimum Gasteiger partial charge on any atom is -0.232 e. The van der Waals surface area contributed by atoms with Gasteiger partial charge in [0.15, 0.2) is 0 Å². The first-order chi connectivity index (χ1) is 11.5. The number of benzene rings is 3. The van der Waals surface area contributed by atoms with Crippen molar-refractivity contribution in [3.8, 4) is 0 Å². The van der Waals surface area contributed by atoms with Crippen LogP contribution in [-0.2, 0) is 30.7 Å². The van der Waals surface area contributed by atoms with Crippen LogP contribution in [0.25, 0.3) is 21.5 Å². The van der Waals surface area contributed by atoms with E-state index in [2.05, 4.69) is 0 Å². The van der Waals surface area contributed by atoms with Crippen LogP contribution < -0.4 is 0 Å². The summed E-state index contributed by atoms with van der Waals surface area (Å²) in [5.74, 6) is 0. The molecule has 0 aromatic heterocycles. The standard InChI is InChI=1S/C20H16F3O/c21-20(22,23)18-10-7-13-6-8-15-14-4-2-1-3-12(14)5-9-16(15)19(13)17(18)11-24/h5-10H,1-4,11H2. The van der Waals surface area contributed by atoms with Gasteiger partial charge in [-0.2, -0.15) is 13.2 Å². The number of halogens is 3. The summed E-state index contributed by atoms with van der Waals surface area (Å²) in [4.78, 5) is 0. The first-order valence-electron chi connectivity index (χ1n) is 8.15. The largest absolute Gasteiger partial charge is 0.416 e. The van der Waals surface area contributed by atoms with Gasteiger partial charge in [0.05, 0.1) is 5.56 Å². The van der Waals surface area contributed by atoms with Crippen molar-refractivity contribution in [3.63, 3.8) is 0 Å². The Morgan fingerprint density at radius 3 is 2.33 bits per heavy atom. The predicted molar refractivity (Wildman–Crippen MR) is 87.5 cm³/mol. The van der Waals surface area contributed by atoms with Crippen molar-refractivity contribution < 1.29 is 18.3 Å². The van der Waals surface area contributed by atoms with E-state index in [1.807, 2.05) is 24.3 Å². The summed E-state index contributed by atoms with van der Waals surface area (Å²) in [7, 11) is 0. The second-order valence-electron chi connectivity index (χ2n) is 6.40. The molecule has 0 fully saturated rings. The van der Waals surface area contributed by atoms with Crippen molar-refractivity contribution in [2.45, 2.75) is 38.5 Å². The number of aryl methyl sites for hydroxylation is 2. The van der Waals surface area contributed by atoms with Crippen LogP contribution >= 0.6 is 0 Å². The van der Waals surface area contributed by atoms with E-state index in [1.54, 1.807) is 0 Å². The lowest BCUT2D eigenvalue weighted by Gasteiger charge is -2.20. The second kappa shape index (κ2) is 5.49. The third-order valence-corrected chi connectivity index (χ3v) is 5.07. The van der Waals surface area contributed by atoms with Gasteiger partial charge in [-0.3, -0.25) is 0 Å². The topological polar surface area (TPSA) is 19.9 Å². The van der Waals surface area contributed by atoms with Crippen LogP contribution in [0.4, 0.5) is 13.2 Å². The molecule has 4 heteroatoms. The van der Waals surface area contributed by atoms with E-state index in [9.17, 15) is 18.3 Å². The number of alkyl halides is 3. The van der Waals surface area contributed by atoms with Crippen molar-refractivity contribution in [1.82, 2.24) is 0 Å². The van der Waals surface area contributed by atoms with Crippen molar-refractivity contribution in [2.24, 2.45) is 0 Å². The van der Waals surface area contributed by atoms with Crippen molar-refractivity contribution in [3.05, 3.63) is 58.7 Å². The molecule has 24 heavy (non-hydrogen) atoms. The summed E-state index contributed by atoms with van der Waals surface area (Å²) in [6.45, 7) is -0.873. The minimum absolute atomic E-state index is 0.138. The molecule has 0 saturated heterocycles. The van der Waals surface area contributed by atoms with Crippen LogP contribution in [0.3, 0.4) is 0 Å². The van der Waals surface area contributed by atoms with Crippen LogP contribution in [0.15, 0.2) is 36.4 Å². The molecule has 0 N–H and O–H groups in total. The average molecular weight is 329 g/mol. The molecule has 3 aromatic carbocycles. The van der Waals surface area contributed by atoms with Crippen molar-refractivity contribution in [2.75, 3.05) is 0 Å².